The van der Waals surface area contributed by atoms with E-state index in [1.807, 2.05) is 74.5 Å². The number of aromatic amines is 2. The fraction of sp³-hybridized carbons (Fsp3) is 0.158. The van der Waals surface area contributed by atoms with Gasteiger partial charge in [-0.3, -0.25) is 0 Å². The van der Waals surface area contributed by atoms with E-state index in [1.165, 1.54) is 12.1 Å². The first-order valence-electron chi connectivity index (χ1n) is 15.2. The van der Waals surface area contributed by atoms with E-state index in [4.69, 9.17) is 19.4 Å². The zero-order valence-electron chi connectivity index (χ0n) is 25.4. The van der Waals surface area contributed by atoms with Crippen molar-refractivity contribution in [3.8, 4) is 0 Å². The summed E-state index contributed by atoms with van der Waals surface area (Å²) in [6.45, 7) is 4.18. The largest absolute Gasteiger partial charge is 0.369 e. The monoisotopic (exact) mass is 614 g/mol. The van der Waals surface area contributed by atoms with Gasteiger partial charge in [-0.05, 0) is 86.7 Å². The molecule has 2 N–H and O–H groups in total. The normalized spacial score (nSPS) is 13.7. The average molecular weight is 615 g/mol. The van der Waals surface area contributed by atoms with Crippen LogP contribution >= 0.6 is 0 Å². The number of hydrogen-bond donors (Lipinski definition) is 2. The number of benzene rings is 2. The molecule has 230 valence electrons. The lowest BCUT2D eigenvalue weighted by atomic mass is 10.1. The van der Waals surface area contributed by atoms with Crippen molar-refractivity contribution >= 4 is 46.4 Å². The van der Waals surface area contributed by atoms with Gasteiger partial charge < -0.3 is 19.4 Å². The van der Waals surface area contributed by atoms with Gasteiger partial charge in [-0.1, -0.05) is 36.4 Å². The highest BCUT2D eigenvalue weighted by Gasteiger charge is 2.16. The third kappa shape index (κ3) is 6.44. The summed E-state index contributed by atoms with van der Waals surface area (Å²) < 4.78 is 41.0. The van der Waals surface area contributed by atoms with Crippen LogP contribution in [-0.4, -0.2) is 19.9 Å². The van der Waals surface area contributed by atoms with E-state index >= 15 is 0 Å². The third-order valence-corrected chi connectivity index (χ3v) is 8.13. The summed E-state index contributed by atoms with van der Waals surface area (Å²) in [6.07, 6.45) is 7.15. The maximum atomic E-state index is 14.3. The van der Waals surface area contributed by atoms with Crippen molar-refractivity contribution in [2.45, 2.75) is 39.3 Å². The SMILES string of the molecule is CC(OCc1ccccc1F)c1cc2cc3[nH]c(cc4nc(cc5nc(cc1[nH]2)C=C5)C=C4)cc3C(C)OCc1ccccc1F. The fourth-order valence-electron chi connectivity index (χ4n) is 5.65. The Bertz CT molecular complexity index is 2150. The number of nitrogens with one attached hydrogen (secondary N) is 2. The zero-order valence-corrected chi connectivity index (χ0v) is 25.4. The third-order valence-electron chi connectivity index (χ3n) is 8.13. The molecule has 2 aliphatic rings. The Hall–Kier alpha value is -5.18. The molecule has 2 unspecified atom stereocenters. The molecule has 8 bridgehead atoms. The first-order valence-corrected chi connectivity index (χ1v) is 15.2. The molecule has 0 fully saturated rings. The second-order valence-corrected chi connectivity index (χ2v) is 11.4. The van der Waals surface area contributed by atoms with Crippen molar-refractivity contribution in [2.24, 2.45) is 0 Å². The molecule has 0 radical (unpaired) electrons. The van der Waals surface area contributed by atoms with E-state index in [1.54, 1.807) is 36.4 Å². The number of fused-ring (bicyclic) bond motifs is 8. The topological polar surface area (TPSA) is 75.8 Å². The van der Waals surface area contributed by atoms with Gasteiger partial charge in [0.25, 0.3) is 0 Å². The molecule has 2 aromatic carbocycles. The predicted octanol–water partition coefficient (Wildman–Crippen LogP) is 9.49. The highest BCUT2D eigenvalue weighted by molar-refractivity contribution is 5.79. The van der Waals surface area contributed by atoms with Crippen molar-refractivity contribution in [3.63, 3.8) is 0 Å². The lowest BCUT2D eigenvalue weighted by Crippen LogP contribution is -2.01. The van der Waals surface area contributed by atoms with E-state index < -0.39 is 0 Å². The van der Waals surface area contributed by atoms with E-state index in [0.717, 1.165) is 56.0 Å². The summed E-state index contributed by atoms with van der Waals surface area (Å²) in [4.78, 5) is 16.6. The van der Waals surface area contributed by atoms with Crippen molar-refractivity contribution in [1.29, 1.82) is 0 Å². The van der Waals surface area contributed by atoms with Crippen LogP contribution in [0, 0.1) is 11.6 Å². The second-order valence-electron chi connectivity index (χ2n) is 11.4. The summed E-state index contributed by atoms with van der Waals surface area (Å²) in [5.41, 5.74) is 9.38. The molecule has 5 heterocycles. The molecule has 0 spiro atoms. The number of halogens is 2. The van der Waals surface area contributed by atoms with Crippen LogP contribution in [-0.2, 0) is 22.7 Å². The number of rotatable bonds is 8. The molecule has 2 aliphatic heterocycles. The molecule has 3 aromatic heterocycles. The van der Waals surface area contributed by atoms with Crippen LogP contribution in [0.4, 0.5) is 8.78 Å². The minimum atomic E-state index is -0.353. The summed E-state index contributed by atoms with van der Waals surface area (Å²) >= 11 is 0. The molecule has 7 rings (SSSR count). The molecule has 2 atom stereocenters. The van der Waals surface area contributed by atoms with Crippen LogP contribution in [0.2, 0.25) is 0 Å². The molecule has 0 saturated carbocycles. The first kappa shape index (κ1) is 29.5. The van der Waals surface area contributed by atoms with Gasteiger partial charge in [-0.15, -0.1) is 0 Å². The number of hydrogen-bond acceptors (Lipinski definition) is 4. The van der Waals surface area contributed by atoms with Crippen molar-refractivity contribution < 1.29 is 18.3 Å². The van der Waals surface area contributed by atoms with Crippen molar-refractivity contribution in [2.75, 3.05) is 0 Å². The molecule has 0 aliphatic carbocycles. The zero-order chi connectivity index (χ0) is 31.6. The van der Waals surface area contributed by atoms with Crippen molar-refractivity contribution in [1.82, 2.24) is 19.9 Å². The van der Waals surface area contributed by atoms with Gasteiger partial charge in [0, 0.05) is 44.3 Å². The van der Waals surface area contributed by atoms with Gasteiger partial charge in [0.2, 0.25) is 0 Å². The quantitative estimate of drug-likeness (QED) is 0.179. The van der Waals surface area contributed by atoms with Crippen LogP contribution < -0.4 is 0 Å². The Morgan fingerprint density at radius 1 is 0.565 bits per heavy atom. The van der Waals surface area contributed by atoms with Gasteiger partial charge in [-0.25, -0.2) is 18.7 Å². The maximum absolute atomic E-state index is 14.3. The molecular formula is C38H32F2N4O2. The number of aromatic nitrogens is 4. The molecule has 8 heteroatoms. The lowest BCUT2D eigenvalue weighted by Gasteiger charge is -2.13. The van der Waals surface area contributed by atoms with Crippen molar-refractivity contribution in [3.05, 3.63) is 142 Å². The van der Waals surface area contributed by atoms with E-state index in [-0.39, 0.29) is 37.1 Å². The van der Waals surface area contributed by atoms with Gasteiger partial charge >= 0.3 is 0 Å². The average Bonchev–Trinajstić information content (AvgIpc) is 3.85. The second kappa shape index (κ2) is 12.7. The smallest absolute Gasteiger partial charge is 0.128 e. The Morgan fingerprint density at radius 3 is 1.52 bits per heavy atom. The molecule has 46 heavy (non-hydrogen) atoms. The minimum Gasteiger partial charge on any atom is -0.369 e. The van der Waals surface area contributed by atoms with Crippen LogP contribution in [0.25, 0.3) is 46.4 Å². The Labute approximate surface area is 265 Å². The molecular weight excluding hydrogens is 582 g/mol. The Balaban J connectivity index is 1.34. The van der Waals surface area contributed by atoms with Crippen LogP contribution in [0.1, 0.15) is 71.1 Å². The van der Waals surface area contributed by atoms with Gasteiger partial charge in [0.1, 0.15) is 11.6 Å². The Morgan fingerprint density at radius 2 is 1.00 bits per heavy atom. The Kier molecular flexibility index (Phi) is 8.13. The van der Waals surface area contributed by atoms with Gasteiger partial charge in [0.05, 0.1) is 48.2 Å². The summed E-state index contributed by atoms with van der Waals surface area (Å²) in [5.74, 6) is -0.589. The predicted molar refractivity (Wildman–Crippen MR) is 178 cm³/mol. The highest BCUT2D eigenvalue weighted by atomic mass is 19.1. The van der Waals surface area contributed by atoms with Crippen LogP contribution in [0.3, 0.4) is 0 Å². The number of nitrogens with zero attached hydrogens (tertiary/aromatic N) is 2. The molecule has 5 aromatic rings. The molecule has 6 nitrogen and oxygen atoms in total. The fourth-order valence-corrected chi connectivity index (χ4v) is 5.65. The van der Waals surface area contributed by atoms with Gasteiger partial charge in [-0.2, -0.15) is 0 Å². The van der Waals surface area contributed by atoms with E-state index in [2.05, 4.69) is 9.97 Å². The molecule has 0 saturated heterocycles. The lowest BCUT2D eigenvalue weighted by molar-refractivity contribution is 0.0517. The number of H-pyrrole nitrogens is 2. The van der Waals surface area contributed by atoms with Gasteiger partial charge in [0.15, 0.2) is 0 Å². The summed E-state index contributed by atoms with van der Waals surface area (Å²) in [5, 5.41) is 0. The standard InChI is InChI=1S/C38H32F2N4O2/c1-23(45-21-25-7-3-5-9-35(25)39)33-17-31-16-29-12-11-27(41-29)15-28-13-14-30(42-28)19-37-34(18-32(44-37)20-38(33)43-31)24(2)46-22-26-8-4-6-10-36(26)40/h3-20,23-24,43-44H,21-22H2,1-2H3. The van der Waals surface area contributed by atoms with Crippen LogP contribution in [0.5, 0.6) is 0 Å². The maximum Gasteiger partial charge on any atom is 0.128 e. The van der Waals surface area contributed by atoms with Crippen LogP contribution in [0.15, 0.2) is 84.9 Å². The molecule has 0 amide bonds. The van der Waals surface area contributed by atoms with E-state index in [0.29, 0.717) is 11.1 Å². The first-order chi connectivity index (χ1) is 22.4. The number of ether oxygens (including phenoxy) is 2. The summed E-state index contributed by atoms with van der Waals surface area (Å²) in [7, 11) is 0. The minimum absolute atomic E-state index is 0.135. The highest BCUT2D eigenvalue weighted by Crippen LogP contribution is 2.30. The summed E-state index contributed by atoms with van der Waals surface area (Å²) in [6, 6.07) is 25.3. The van der Waals surface area contributed by atoms with E-state index in [9.17, 15) is 8.78 Å².